The van der Waals surface area contributed by atoms with Crippen molar-refractivity contribution >= 4 is 34.4 Å². The van der Waals surface area contributed by atoms with Gasteiger partial charge in [0, 0.05) is 63.2 Å². The van der Waals surface area contributed by atoms with Gasteiger partial charge in [0.05, 0.1) is 17.1 Å². The zero-order chi connectivity index (χ0) is 27.0. The number of esters is 1. The highest BCUT2D eigenvalue weighted by Gasteiger charge is 2.33. The number of nitrogens with one attached hydrogen (secondary N) is 1. The Hall–Kier alpha value is -2.94. The highest BCUT2D eigenvalue weighted by atomic mass is 16.6. The molecule has 2 amide bonds. The molecular formula is C29H41N5O4. The van der Waals surface area contributed by atoms with E-state index in [1.54, 1.807) is 0 Å². The number of ether oxygens (including phenoxy) is 1. The fourth-order valence-electron chi connectivity index (χ4n) is 6.36. The van der Waals surface area contributed by atoms with Gasteiger partial charge in [-0.3, -0.25) is 29.3 Å². The number of aromatic nitrogens is 2. The van der Waals surface area contributed by atoms with E-state index in [0.29, 0.717) is 31.2 Å². The Labute approximate surface area is 224 Å². The second-order valence-electron chi connectivity index (χ2n) is 12.2. The van der Waals surface area contributed by atoms with Gasteiger partial charge in [-0.15, -0.1) is 0 Å². The zero-order valence-electron chi connectivity index (χ0n) is 23.2. The van der Waals surface area contributed by atoms with E-state index in [0.717, 1.165) is 68.5 Å². The number of piperazine rings is 1. The predicted octanol–water partition coefficient (Wildman–Crippen LogP) is 3.51. The summed E-state index contributed by atoms with van der Waals surface area (Å²) in [6.45, 7) is 9.79. The largest absolute Gasteiger partial charge is 0.460 e. The van der Waals surface area contributed by atoms with Crippen LogP contribution in [-0.2, 0) is 26.2 Å². The lowest BCUT2D eigenvalue weighted by molar-refractivity contribution is -0.156. The molecule has 1 N–H and O–H groups in total. The second kappa shape index (κ2) is 10.7. The first-order valence-electron chi connectivity index (χ1n) is 14.1. The summed E-state index contributed by atoms with van der Waals surface area (Å²) in [4.78, 5) is 41.3. The van der Waals surface area contributed by atoms with Gasteiger partial charge in [0.2, 0.25) is 11.8 Å². The molecule has 1 unspecified atom stereocenters. The van der Waals surface area contributed by atoms with Gasteiger partial charge in [-0.2, -0.15) is 5.10 Å². The quantitative estimate of drug-likeness (QED) is 0.473. The van der Waals surface area contributed by atoms with Crippen molar-refractivity contribution < 1.29 is 19.1 Å². The predicted molar refractivity (Wildman–Crippen MR) is 146 cm³/mol. The minimum absolute atomic E-state index is 0.0656. The van der Waals surface area contributed by atoms with E-state index in [1.165, 1.54) is 5.69 Å². The average molecular weight is 524 g/mol. The summed E-state index contributed by atoms with van der Waals surface area (Å²) in [5.41, 5.74) is 2.53. The first-order valence-corrected chi connectivity index (χ1v) is 14.1. The van der Waals surface area contributed by atoms with Crippen LogP contribution in [0.2, 0.25) is 0 Å². The number of anilines is 1. The summed E-state index contributed by atoms with van der Waals surface area (Å²) in [6, 6.07) is 6.99. The van der Waals surface area contributed by atoms with E-state index in [-0.39, 0.29) is 23.7 Å². The highest BCUT2D eigenvalue weighted by Crippen LogP contribution is 2.34. The molecule has 9 heteroatoms. The number of benzene rings is 1. The highest BCUT2D eigenvalue weighted by molar-refractivity contribution is 6.02. The lowest BCUT2D eigenvalue weighted by Crippen LogP contribution is -2.51. The molecule has 2 aromatic rings. The Balaban J connectivity index is 1.16. The molecule has 1 aliphatic carbocycles. The van der Waals surface area contributed by atoms with E-state index in [1.807, 2.05) is 32.5 Å². The average Bonchev–Trinajstić information content (AvgIpc) is 3.19. The van der Waals surface area contributed by atoms with Crippen LogP contribution in [0.4, 0.5) is 5.69 Å². The molecule has 3 fully saturated rings. The number of aryl methyl sites for hydroxylation is 1. The minimum atomic E-state index is -0.412. The van der Waals surface area contributed by atoms with Crippen LogP contribution in [0, 0.1) is 5.92 Å². The third kappa shape index (κ3) is 5.87. The Bertz CT molecular complexity index is 1200. The molecule has 0 radical (unpaired) electrons. The summed E-state index contributed by atoms with van der Waals surface area (Å²) >= 11 is 0. The van der Waals surface area contributed by atoms with Crippen LogP contribution in [-0.4, -0.2) is 70.3 Å². The van der Waals surface area contributed by atoms with Gasteiger partial charge >= 0.3 is 5.97 Å². The summed E-state index contributed by atoms with van der Waals surface area (Å²) in [5, 5.41) is 8.11. The van der Waals surface area contributed by atoms with E-state index < -0.39 is 5.60 Å². The molecule has 2 saturated heterocycles. The number of nitrogens with zero attached hydrogens (tertiary/aromatic N) is 4. The van der Waals surface area contributed by atoms with Crippen LogP contribution in [0.3, 0.4) is 0 Å². The number of amides is 2. The lowest BCUT2D eigenvalue weighted by atomic mass is 9.83. The molecule has 3 heterocycles. The van der Waals surface area contributed by atoms with Gasteiger partial charge in [0.25, 0.3) is 0 Å². The number of hydrogen-bond acceptors (Lipinski definition) is 7. The van der Waals surface area contributed by atoms with Gasteiger partial charge in [0.15, 0.2) is 0 Å². The molecule has 9 nitrogen and oxygen atoms in total. The van der Waals surface area contributed by atoms with Crippen molar-refractivity contribution in [3.8, 4) is 0 Å². The van der Waals surface area contributed by atoms with Crippen LogP contribution in [0.5, 0.6) is 0 Å². The third-order valence-electron chi connectivity index (χ3n) is 8.32. The molecule has 3 aliphatic rings. The van der Waals surface area contributed by atoms with Crippen molar-refractivity contribution in [3.63, 3.8) is 0 Å². The molecular weight excluding hydrogens is 482 g/mol. The number of fused-ring (bicyclic) bond motifs is 1. The number of rotatable bonds is 5. The molecule has 0 spiro atoms. The second-order valence-corrected chi connectivity index (χ2v) is 12.2. The Morgan fingerprint density at radius 1 is 1.05 bits per heavy atom. The minimum Gasteiger partial charge on any atom is -0.460 e. The third-order valence-corrected chi connectivity index (χ3v) is 8.32. The molecule has 0 bridgehead atoms. The number of carbonyl (C=O) groups is 3. The summed E-state index contributed by atoms with van der Waals surface area (Å²) < 4.78 is 7.37. The number of carbonyl (C=O) groups excluding carboxylic acids is 3. The van der Waals surface area contributed by atoms with Gasteiger partial charge in [-0.05, 0) is 77.0 Å². The topological polar surface area (TPSA) is 96.8 Å². The van der Waals surface area contributed by atoms with E-state index in [2.05, 4.69) is 38.4 Å². The first kappa shape index (κ1) is 26.7. The number of imide groups is 1. The number of hydrogen-bond donors (Lipinski definition) is 1. The standard InChI is InChI=1S/C29H41N5O4/c1-29(2,3)38-26(36)17-19-5-7-20(8-6-19)33-13-15-34(16-14-33)21-9-10-22-24(18-21)32(4)31-27(22)23-11-12-25(35)30-28(23)37/h9-10,18-20,23H,5-8,11-17H2,1-4H3,(H,30,35,37). The van der Waals surface area contributed by atoms with Gasteiger partial charge in [-0.25, -0.2) is 0 Å². The molecule has 2 aliphatic heterocycles. The zero-order valence-corrected chi connectivity index (χ0v) is 23.2. The van der Waals surface area contributed by atoms with Crippen LogP contribution < -0.4 is 10.2 Å². The first-order chi connectivity index (χ1) is 18.1. The van der Waals surface area contributed by atoms with Crippen molar-refractivity contribution in [3.05, 3.63) is 23.9 Å². The summed E-state index contributed by atoms with van der Waals surface area (Å²) in [5.74, 6) is -0.464. The monoisotopic (exact) mass is 523 g/mol. The normalized spacial score (nSPS) is 25.5. The SMILES string of the molecule is Cn1nc(C2CCC(=O)NC2=O)c2ccc(N3CCN(C4CCC(CC(=O)OC(C)(C)C)CC4)CC3)cc21. The summed E-state index contributed by atoms with van der Waals surface area (Å²) in [7, 11) is 1.92. The molecule has 1 saturated carbocycles. The maximum atomic E-state index is 12.4. The summed E-state index contributed by atoms with van der Waals surface area (Å²) in [6.07, 6.45) is 5.88. The molecule has 1 aromatic carbocycles. The molecule has 206 valence electrons. The van der Waals surface area contributed by atoms with Crippen molar-refractivity contribution in [1.29, 1.82) is 0 Å². The fraction of sp³-hybridized carbons (Fsp3) is 0.655. The van der Waals surface area contributed by atoms with Crippen molar-refractivity contribution in [1.82, 2.24) is 20.0 Å². The van der Waals surface area contributed by atoms with E-state index in [9.17, 15) is 14.4 Å². The van der Waals surface area contributed by atoms with Crippen LogP contribution in [0.15, 0.2) is 18.2 Å². The maximum Gasteiger partial charge on any atom is 0.306 e. The molecule has 1 atom stereocenters. The maximum absolute atomic E-state index is 12.4. The Morgan fingerprint density at radius 2 is 1.76 bits per heavy atom. The fourth-order valence-corrected chi connectivity index (χ4v) is 6.36. The Kier molecular flexibility index (Phi) is 7.49. The molecule has 1 aromatic heterocycles. The van der Waals surface area contributed by atoms with Crippen molar-refractivity contribution in [2.45, 2.75) is 83.3 Å². The van der Waals surface area contributed by atoms with Gasteiger partial charge in [-0.1, -0.05) is 0 Å². The van der Waals surface area contributed by atoms with Gasteiger partial charge in [0.1, 0.15) is 5.60 Å². The van der Waals surface area contributed by atoms with Gasteiger partial charge < -0.3 is 9.64 Å². The Morgan fingerprint density at radius 3 is 2.42 bits per heavy atom. The van der Waals surface area contributed by atoms with Crippen molar-refractivity contribution in [2.75, 3.05) is 31.1 Å². The lowest BCUT2D eigenvalue weighted by Gasteiger charge is -2.42. The smallest absolute Gasteiger partial charge is 0.306 e. The van der Waals surface area contributed by atoms with Crippen LogP contribution >= 0.6 is 0 Å². The van der Waals surface area contributed by atoms with Crippen molar-refractivity contribution in [2.24, 2.45) is 13.0 Å². The van der Waals surface area contributed by atoms with E-state index in [4.69, 9.17) is 4.74 Å². The number of piperidine rings is 1. The molecule has 5 rings (SSSR count). The van der Waals surface area contributed by atoms with E-state index >= 15 is 0 Å². The van der Waals surface area contributed by atoms with Crippen LogP contribution in [0.25, 0.3) is 10.9 Å². The molecule has 38 heavy (non-hydrogen) atoms. The van der Waals surface area contributed by atoms with Crippen LogP contribution in [0.1, 0.15) is 77.3 Å².